The lowest BCUT2D eigenvalue weighted by Gasteiger charge is -2.07. The lowest BCUT2D eigenvalue weighted by Crippen LogP contribution is -2.16. The van der Waals surface area contributed by atoms with E-state index in [-0.39, 0.29) is 0 Å². The first kappa shape index (κ1) is 10.3. The lowest BCUT2D eigenvalue weighted by molar-refractivity contribution is 0.772. The van der Waals surface area contributed by atoms with Crippen LogP contribution in [-0.4, -0.2) is 21.2 Å². The van der Waals surface area contributed by atoms with Crippen molar-refractivity contribution in [2.45, 2.75) is 25.8 Å². The fraction of sp³-hybridized carbons (Fsp3) is 0.500. The molecule has 0 radical (unpaired) electrons. The minimum Gasteiger partial charge on any atom is -0.389 e. The summed E-state index contributed by atoms with van der Waals surface area (Å²) in [5.41, 5.74) is 6.38. The maximum absolute atomic E-state index is 5.60. The van der Waals surface area contributed by atoms with Crippen LogP contribution in [0.5, 0.6) is 0 Å². The molecule has 4 nitrogen and oxygen atoms in total. The first-order valence-corrected chi connectivity index (χ1v) is 5.51. The highest BCUT2D eigenvalue weighted by atomic mass is 32.1. The lowest BCUT2D eigenvalue weighted by atomic mass is 10.2. The average Bonchev–Trinajstić information content (AvgIpc) is 2.97. The molecule has 1 aliphatic carbocycles. The Morgan fingerprint density at radius 3 is 3.13 bits per heavy atom. The maximum Gasteiger partial charge on any atom is 0.159 e. The molecule has 0 saturated heterocycles. The second-order valence-corrected chi connectivity index (χ2v) is 4.25. The predicted molar refractivity (Wildman–Crippen MR) is 63.7 cm³/mol. The zero-order valence-corrected chi connectivity index (χ0v) is 9.42. The topological polar surface area (TPSA) is 63.8 Å². The van der Waals surface area contributed by atoms with Crippen LogP contribution in [0.15, 0.2) is 12.3 Å². The quantitative estimate of drug-likeness (QED) is 0.752. The van der Waals surface area contributed by atoms with Gasteiger partial charge in [0.1, 0.15) is 4.99 Å². The highest BCUT2D eigenvalue weighted by Crippen LogP contribution is 2.36. The summed E-state index contributed by atoms with van der Waals surface area (Å²) in [6, 6.07) is 2.31. The van der Waals surface area contributed by atoms with E-state index in [4.69, 9.17) is 18.0 Å². The zero-order chi connectivity index (χ0) is 10.8. The molecule has 1 saturated carbocycles. The third kappa shape index (κ3) is 2.23. The van der Waals surface area contributed by atoms with Crippen molar-refractivity contribution in [1.82, 2.24) is 10.2 Å². The molecule has 0 aromatic carbocycles. The first-order chi connectivity index (χ1) is 7.22. The van der Waals surface area contributed by atoms with Crippen LogP contribution in [0.1, 0.15) is 25.3 Å². The van der Waals surface area contributed by atoms with Crippen LogP contribution in [0, 0.1) is 5.92 Å². The molecule has 15 heavy (non-hydrogen) atoms. The van der Waals surface area contributed by atoms with E-state index in [0.29, 0.717) is 16.8 Å². The van der Waals surface area contributed by atoms with Gasteiger partial charge in [-0.2, -0.15) is 5.10 Å². The first-order valence-electron chi connectivity index (χ1n) is 5.10. The molecular formula is C10H14N4S. The van der Waals surface area contributed by atoms with Crippen LogP contribution in [-0.2, 0) is 0 Å². The van der Waals surface area contributed by atoms with E-state index in [1.165, 1.54) is 12.8 Å². The third-order valence-electron chi connectivity index (χ3n) is 2.76. The summed E-state index contributed by atoms with van der Waals surface area (Å²) >= 11 is 4.95. The standard InChI is InChI=1S/C10H14N4S/c1-2-6-5-8(6)13-10-7(9(11)15)3-4-12-14-10/h3-4,6,8H,2,5H2,1H3,(H2,11,15)(H,13,14). The monoisotopic (exact) mass is 222 g/mol. The van der Waals surface area contributed by atoms with Crippen LogP contribution in [0.2, 0.25) is 0 Å². The smallest absolute Gasteiger partial charge is 0.159 e. The van der Waals surface area contributed by atoms with E-state index in [0.717, 1.165) is 11.5 Å². The molecule has 2 rings (SSSR count). The number of thiocarbonyl (C=S) groups is 1. The highest BCUT2D eigenvalue weighted by Gasteiger charge is 2.35. The van der Waals surface area contributed by atoms with Gasteiger partial charge in [0, 0.05) is 6.04 Å². The van der Waals surface area contributed by atoms with Gasteiger partial charge in [-0.3, -0.25) is 0 Å². The van der Waals surface area contributed by atoms with Gasteiger partial charge >= 0.3 is 0 Å². The van der Waals surface area contributed by atoms with Gasteiger partial charge in [-0.25, -0.2) is 0 Å². The van der Waals surface area contributed by atoms with Crippen LogP contribution < -0.4 is 11.1 Å². The summed E-state index contributed by atoms with van der Waals surface area (Å²) in [7, 11) is 0. The number of aromatic nitrogens is 2. The normalized spacial score (nSPS) is 23.5. The minimum atomic E-state index is 0.362. The molecule has 0 amide bonds. The molecule has 5 heteroatoms. The minimum absolute atomic E-state index is 0.362. The summed E-state index contributed by atoms with van der Waals surface area (Å²) in [6.45, 7) is 2.19. The summed E-state index contributed by atoms with van der Waals surface area (Å²) in [5, 5.41) is 11.2. The number of hydrogen-bond acceptors (Lipinski definition) is 4. The van der Waals surface area contributed by atoms with Gasteiger partial charge < -0.3 is 11.1 Å². The molecule has 3 N–H and O–H groups in total. The Labute approximate surface area is 94.3 Å². The van der Waals surface area contributed by atoms with Crippen LogP contribution in [0.3, 0.4) is 0 Å². The number of anilines is 1. The number of nitrogens with one attached hydrogen (secondary N) is 1. The van der Waals surface area contributed by atoms with Crippen molar-refractivity contribution >= 4 is 23.0 Å². The largest absolute Gasteiger partial charge is 0.389 e. The molecular weight excluding hydrogens is 208 g/mol. The van der Waals surface area contributed by atoms with Crippen LogP contribution in [0.4, 0.5) is 5.82 Å². The maximum atomic E-state index is 5.60. The molecule has 1 aliphatic rings. The second kappa shape index (κ2) is 4.10. The Balaban J connectivity index is 2.11. The Hall–Kier alpha value is -1.23. The molecule has 2 unspecified atom stereocenters. The van der Waals surface area contributed by atoms with Crippen molar-refractivity contribution in [3.05, 3.63) is 17.8 Å². The van der Waals surface area contributed by atoms with Crippen molar-refractivity contribution in [1.29, 1.82) is 0 Å². The Morgan fingerprint density at radius 2 is 2.53 bits per heavy atom. The number of nitrogens with two attached hydrogens (primary N) is 1. The van der Waals surface area contributed by atoms with Crippen molar-refractivity contribution < 1.29 is 0 Å². The van der Waals surface area contributed by atoms with Gasteiger partial charge in [-0.15, -0.1) is 5.10 Å². The fourth-order valence-electron chi connectivity index (χ4n) is 1.69. The molecule has 1 fully saturated rings. The molecule has 1 heterocycles. The number of hydrogen-bond donors (Lipinski definition) is 2. The van der Waals surface area contributed by atoms with Gasteiger partial charge in [-0.05, 0) is 18.4 Å². The molecule has 0 aliphatic heterocycles. The number of nitrogens with zero attached hydrogens (tertiary/aromatic N) is 2. The van der Waals surface area contributed by atoms with Gasteiger partial charge in [0.05, 0.1) is 11.8 Å². The average molecular weight is 222 g/mol. The van der Waals surface area contributed by atoms with E-state index in [2.05, 4.69) is 22.4 Å². The van der Waals surface area contributed by atoms with E-state index in [1.54, 1.807) is 12.3 Å². The molecule has 1 aromatic rings. The van der Waals surface area contributed by atoms with Gasteiger partial charge in [0.2, 0.25) is 0 Å². The number of rotatable bonds is 4. The Morgan fingerprint density at radius 1 is 1.73 bits per heavy atom. The van der Waals surface area contributed by atoms with Crippen molar-refractivity contribution in [3.8, 4) is 0 Å². The van der Waals surface area contributed by atoms with Crippen LogP contribution >= 0.6 is 12.2 Å². The Bertz CT molecular complexity index is 379. The SMILES string of the molecule is CCC1CC1Nc1nnccc1C(N)=S. The molecule has 80 valence electrons. The predicted octanol–water partition coefficient (Wildman–Crippen LogP) is 1.32. The zero-order valence-electron chi connectivity index (χ0n) is 8.60. The van der Waals surface area contributed by atoms with E-state index >= 15 is 0 Å². The van der Waals surface area contributed by atoms with Crippen molar-refractivity contribution in [2.24, 2.45) is 11.7 Å². The molecule has 2 atom stereocenters. The summed E-state index contributed by atoms with van der Waals surface area (Å²) in [6.07, 6.45) is 3.99. The molecule has 1 aromatic heterocycles. The Kier molecular flexibility index (Phi) is 2.81. The van der Waals surface area contributed by atoms with Crippen molar-refractivity contribution in [3.63, 3.8) is 0 Å². The molecule has 0 bridgehead atoms. The summed E-state index contributed by atoms with van der Waals surface area (Å²) < 4.78 is 0. The fourth-order valence-corrected chi connectivity index (χ4v) is 1.85. The van der Waals surface area contributed by atoms with E-state index in [9.17, 15) is 0 Å². The second-order valence-electron chi connectivity index (χ2n) is 3.81. The van der Waals surface area contributed by atoms with Gasteiger partial charge in [0.25, 0.3) is 0 Å². The summed E-state index contributed by atoms with van der Waals surface area (Å²) in [4.78, 5) is 0.362. The van der Waals surface area contributed by atoms with Gasteiger partial charge in [0.15, 0.2) is 5.82 Å². The summed E-state index contributed by atoms with van der Waals surface area (Å²) in [5.74, 6) is 1.47. The third-order valence-corrected chi connectivity index (χ3v) is 2.98. The van der Waals surface area contributed by atoms with Gasteiger partial charge in [-0.1, -0.05) is 25.6 Å². The molecule has 0 spiro atoms. The van der Waals surface area contributed by atoms with Crippen LogP contribution in [0.25, 0.3) is 0 Å². The van der Waals surface area contributed by atoms with E-state index in [1.807, 2.05) is 0 Å². The van der Waals surface area contributed by atoms with Crippen molar-refractivity contribution in [2.75, 3.05) is 5.32 Å². The highest BCUT2D eigenvalue weighted by molar-refractivity contribution is 7.80. The van der Waals surface area contributed by atoms with E-state index < -0.39 is 0 Å².